The summed E-state index contributed by atoms with van der Waals surface area (Å²) < 4.78 is 5.72. The standard InChI is InChI=1S/C22H24N2O2/c1-16-8-10-17(11-9-16)26-14-4-7-22(25)24-13-12-21-19(15-24)18-5-2-3-6-20(18)23-21/h2-3,5-6,8-11,23H,4,7,12-15H2,1H3. The lowest BCUT2D eigenvalue weighted by atomic mass is 10.0. The van der Waals surface area contributed by atoms with Crippen LogP contribution in [0.25, 0.3) is 10.9 Å². The summed E-state index contributed by atoms with van der Waals surface area (Å²) in [5, 5.41) is 1.24. The second-order valence-electron chi connectivity index (χ2n) is 6.96. The maximum Gasteiger partial charge on any atom is 0.223 e. The summed E-state index contributed by atoms with van der Waals surface area (Å²) >= 11 is 0. The number of amides is 1. The molecule has 0 radical (unpaired) electrons. The van der Waals surface area contributed by atoms with Gasteiger partial charge in [0.2, 0.25) is 5.91 Å². The van der Waals surface area contributed by atoms with Gasteiger partial charge in [-0.2, -0.15) is 0 Å². The fraction of sp³-hybridized carbons (Fsp3) is 0.318. The van der Waals surface area contributed by atoms with Crippen molar-refractivity contribution in [3.05, 3.63) is 65.4 Å². The van der Waals surface area contributed by atoms with E-state index in [4.69, 9.17) is 4.74 Å². The molecule has 1 aliphatic rings. The molecule has 4 rings (SSSR count). The van der Waals surface area contributed by atoms with Gasteiger partial charge in [-0.25, -0.2) is 0 Å². The van der Waals surface area contributed by atoms with Gasteiger partial charge in [0, 0.05) is 48.1 Å². The topological polar surface area (TPSA) is 45.3 Å². The van der Waals surface area contributed by atoms with E-state index in [9.17, 15) is 4.79 Å². The number of aromatic amines is 1. The van der Waals surface area contributed by atoms with E-state index in [1.807, 2.05) is 35.2 Å². The lowest BCUT2D eigenvalue weighted by Crippen LogP contribution is -2.35. The first kappa shape index (κ1) is 16.7. The Morgan fingerprint density at radius 1 is 1.15 bits per heavy atom. The average Bonchev–Trinajstić information content (AvgIpc) is 3.04. The van der Waals surface area contributed by atoms with Crippen molar-refractivity contribution in [1.29, 1.82) is 0 Å². The van der Waals surface area contributed by atoms with Gasteiger partial charge in [-0.1, -0.05) is 35.9 Å². The molecule has 0 bridgehead atoms. The SMILES string of the molecule is Cc1ccc(OCCCC(=O)N2CCc3[nH]c4ccccc4c3C2)cc1. The van der Waals surface area contributed by atoms with E-state index in [0.29, 0.717) is 19.6 Å². The number of benzene rings is 2. The number of para-hydroxylation sites is 1. The van der Waals surface area contributed by atoms with Gasteiger partial charge in [0.05, 0.1) is 6.61 Å². The van der Waals surface area contributed by atoms with E-state index >= 15 is 0 Å². The summed E-state index contributed by atoms with van der Waals surface area (Å²) in [4.78, 5) is 18.1. The Morgan fingerprint density at radius 2 is 1.96 bits per heavy atom. The van der Waals surface area contributed by atoms with Gasteiger partial charge in [-0.15, -0.1) is 0 Å². The van der Waals surface area contributed by atoms with Gasteiger partial charge in [0.1, 0.15) is 5.75 Å². The van der Waals surface area contributed by atoms with Crippen LogP contribution < -0.4 is 4.74 Å². The maximum atomic E-state index is 12.6. The number of aryl methyl sites for hydroxylation is 1. The minimum absolute atomic E-state index is 0.216. The number of carbonyl (C=O) groups is 1. The first-order valence-electron chi connectivity index (χ1n) is 9.26. The van der Waals surface area contributed by atoms with Crippen LogP contribution in [0.5, 0.6) is 5.75 Å². The highest BCUT2D eigenvalue weighted by Gasteiger charge is 2.23. The van der Waals surface area contributed by atoms with E-state index in [1.54, 1.807) is 0 Å². The van der Waals surface area contributed by atoms with Crippen LogP contribution in [0.4, 0.5) is 0 Å². The van der Waals surface area contributed by atoms with E-state index in [0.717, 1.165) is 25.1 Å². The van der Waals surface area contributed by atoms with E-state index in [1.165, 1.54) is 27.7 Å². The second kappa shape index (κ2) is 7.24. The third-order valence-electron chi connectivity index (χ3n) is 5.06. The van der Waals surface area contributed by atoms with Crippen molar-refractivity contribution >= 4 is 16.8 Å². The molecule has 0 atom stereocenters. The van der Waals surface area contributed by atoms with Crippen molar-refractivity contribution in [2.24, 2.45) is 0 Å². The Labute approximate surface area is 153 Å². The Morgan fingerprint density at radius 3 is 2.81 bits per heavy atom. The molecule has 0 unspecified atom stereocenters. The minimum Gasteiger partial charge on any atom is -0.494 e. The van der Waals surface area contributed by atoms with E-state index in [2.05, 4.69) is 30.1 Å². The zero-order chi connectivity index (χ0) is 17.9. The average molecular weight is 348 g/mol. The molecular formula is C22H24N2O2. The highest BCUT2D eigenvalue weighted by molar-refractivity contribution is 5.86. The van der Waals surface area contributed by atoms with Crippen molar-refractivity contribution in [2.45, 2.75) is 32.7 Å². The summed E-state index contributed by atoms with van der Waals surface area (Å²) in [6, 6.07) is 16.3. The Bertz CT molecular complexity index is 912. The van der Waals surface area contributed by atoms with Crippen molar-refractivity contribution in [2.75, 3.05) is 13.2 Å². The second-order valence-corrected chi connectivity index (χ2v) is 6.96. The molecule has 1 aromatic heterocycles. The molecular weight excluding hydrogens is 324 g/mol. The third-order valence-corrected chi connectivity index (χ3v) is 5.06. The quantitative estimate of drug-likeness (QED) is 0.702. The van der Waals surface area contributed by atoms with Crippen LogP contribution in [-0.2, 0) is 17.8 Å². The fourth-order valence-electron chi connectivity index (χ4n) is 3.59. The molecule has 0 fully saturated rings. The number of fused-ring (bicyclic) bond motifs is 3. The van der Waals surface area contributed by atoms with Crippen molar-refractivity contribution in [3.8, 4) is 5.75 Å². The number of nitrogens with one attached hydrogen (secondary N) is 1. The molecule has 1 N–H and O–H groups in total. The highest BCUT2D eigenvalue weighted by Crippen LogP contribution is 2.27. The normalized spacial score (nSPS) is 13.7. The molecule has 0 saturated carbocycles. The molecule has 1 aliphatic heterocycles. The van der Waals surface area contributed by atoms with Crippen LogP contribution in [0.2, 0.25) is 0 Å². The van der Waals surface area contributed by atoms with Gasteiger partial charge in [0.15, 0.2) is 0 Å². The van der Waals surface area contributed by atoms with Gasteiger partial charge in [-0.05, 0) is 31.5 Å². The molecule has 1 amide bonds. The van der Waals surface area contributed by atoms with Gasteiger partial charge >= 0.3 is 0 Å². The van der Waals surface area contributed by atoms with Crippen molar-refractivity contribution < 1.29 is 9.53 Å². The molecule has 134 valence electrons. The van der Waals surface area contributed by atoms with Crippen LogP contribution in [0.1, 0.15) is 29.7 Å². The highest BCUT2D eigenvalue weighted by atomic mass is 16.5. The van der Waals surface area contributed by atoms with Crippen molar-refractivity contribution in [3.63, 3.8) is 0 Å². The Hall–Kier alpha value is -2.75. The molecule has 3 aromatic rings. The van der Waals surface area contributed by atoms with Crippen LogP contribution in [-0.4, -0.2) is 28.9 Å². The van der Waals surface area contributed by atoms with Crippen LogP contribution in [0.15, 0.2) is 48.5 Å². The van der Waals surface area contributed by atoms with Crippen LogP contribution >= 0.6 is 0 Å². The Balaban J connectivity index is 1.31. The lowest BCUT2D eigenvalue weighted by Gasteiger charge is -2.27. The van der Waals surface area contributed by atoms with Crippen LogP contribution in [0.3, 0.4) is 0 Å². The first-order valence-corrected chi connectivity index (χ1v) is 9.26. The number of aromatic nitrogens is 1. The van der Waals surface area contributed by atoms with Gasteiger partial charge < -0.3 is 14.6 Å². The van der Waals surface area contributed by atoms with Gasteiger partial charge in [-0.3, -0.25) is 4.79 Å². The molecule has 4 nitrogen and oxygen atoms in total. The fourth-order valence-corrected chi connectivity index (χ4v) is 3.59. The molecule has 4 heteroatoms. The number of rotatable bonds is 5. The van der Waals surface area contributed by atoms with Crippen molar-refractivity contribution in [1.82, 2.24) is 9.88 Å². The number of nitrogens with zero attached hydrogens (tertiary/aromatic N) is 1. The lowest BCUT2D eigenvalue weighted by molar-refractivity contribution is -0.132. The zero-order valence-electron chi connectivity index (χ0n) is 15.1. The Kier molecular flexibility index (Phi) is 4.65. The summed E-state index contributed by atoms with van der Waals surface area (Å²) in [5.41, 5.74) is 4.93. The number of H-pyrrole nitrogens is 1. The molecule has 2 heterocycles. The largest absolute Gasteiger partial charge is 0.494 e. The van der Waals surface area contributed by atoms with E-state index < -0.39 is 0 Å². The molecule has 0 saturated heterocycles. The number of hydrogen-bond donors (Lipinski definition) is 1. The minimum atomic E-state index is 0.216. The molecule has 0 spiro atoms. The number of carbonyl (C=O) groups excluding carboxylic acids is 1. The predicted octanol–water partition coefficient (Wildman–Crippen LogP) is 4.22. The predicted molar refractivity (Wildman–Crippen MR) is 103 cm³/mol. The summed E-state index contributed by atoms with van der Waals surface area (Å²) in [6.07, 6.45) is 2.17. The van der Waals surface area contributed by atoms with Crippen LogP contribution in [0, 0.1) is 6.92 Å². The smallest absolute Gasteiger partial charge is 0.223 e. The van der Waals surface area contributed by atoms with Gasteiger partial charge in [0.25, 0.3) is 0 Å². The van der Waals surface area contributed by atoms with E-state index in [-0.39, 0.29) is 5.91 Å². The molecule has 0 aliphatic carbocycles. The summed E-state index contributed by atoms with van der Waals surface area (Å²) in [7, 11) is 0. The third kappa shape index (κ3) is 3.45. The zero-order valence-corrected chi connectivity index (χ0v) is 15.1. The summed E-state index contributed by atoms with van der Waals surface area (Å²) in [5.74, 6) is 1.08. The first-order chi connectivity index (χ1) is 12.7. The monoisotopic (exact) mass is 348 g/mol. The number of ether oxygens (including phenoxy) is 1. The maximum absolute atomic E-state index is 12.6. The summed E-state index contributed by atoms with van der Waals surface area (Å²) in [6.45, 7) is 4.12. The molecule has 2 aromatic carbocycles. The molecule has 26 heavy (non-hydrogen) atoms. The number of hydrogen-bond acceptors (Lipinski definition) is 2.